The van der Waals surface area contributed by atoms with E-state index in [1.807, 2.05) is 20.8 Å². The zero-order valence-electron chi connectivity index (χ0n) is 8.13. The first-order valence-corrected chi connectivity index (χ1v) is 4.02. The molecule has 0 aromatic rings. The number of rotatable bonds is 0. The van der Waals surface area contributed by atoms with Gasteiger partial charge < -0.3 is 10.6 Å². The minimum absolute atomic E-state index is 0.106. The summed E-state index contributed by atoms with van der Waals surface area (Å²) in [6, 6.07) is 0. The summed E-state index contributed by atoms with van der Waals surface area (Å²) in [5.41, 5.74) is 5.06. The highest BCUT2D eigenvalue weighted by molar-refractivity contribution is 5.96. The van der Waals surface area contributed by atoms with Gasteiger partial charge in [0.05, 0.1) is 0 Å². The minimum atomic E-state index is -0.512. The zero-order chi connectivity index (χ0) is 10.2. The van der Waals surface area contributed by atoms with Gasteiger partial charge in [0.15, 0.2) is 11.7 Å². The summed E-state index contributed by atoms with van der Waals surface area (Å²) in [6.45, 7) is 9.52. The van der Waals surface area contributed by atoms with Crippen LogP contribution >= 0.6 is 0 Å². The van der Waals surface area contributed by atoms with Crippen molar-refractivity contribution in [3.63, 3.8) is 0 Å². The van der Waals surface area contributed by atoms with E-state index in [1.165, 1.54) is 6.20 Å². The van der Waals surface area contributed by atoms with Gasteiger partial charge in [-0.15, -0.1) is 0 Å². The molecule has 0 radical (unpaired) electrons. The lowest BCUT2D eigenvalue weighted by atomic mass is 10.1. The normalized spacial score (nSPS) is 18.5. The van der Waals surface area contributed by atoms with Gasteiger partial charge in [0.2, 0.25) is 0 Å². The van der Waals surface area contributed by atoms with Crippen molar-refractivity contribution in [1.82, 2.24) is 4.90 Å². The van der Waals surface area contributed by atoms with E-state index in [-0.39, 0.29) is 11.4 Å². The van der Waals surface area contributed by atoms with Crippen LogP contribution in [0, 0.1) is 0 Å². The lowest BCUT2D eigenvalue weighted by Gasteiger charge is -2.35. The summed E-state index contributed by atoms with van der Waals surface area (Å²) in [7, 11) is 0. The average Bonchev–Trinajstić information content (AvgIpc) is 1.94. The van der Waals surface area contributed by atoms with Crippen LogP contribution in [0.5, 0.6) is 0 Å². The van der Waals surface area contributed by atoms with Crippen molar-refractivity contribution in [1.29, 1.82) is 0 Å². The van der Waals surface area contributed by atoms with E-state index in [9.17, 15) is 4.39 Å². The Balaban J connectivity index is 3.01. The first-order valence-electron chi connectivity index (χ1n) is 4.02. The molecule has 0 saturated heterocycles. The van der Waals surface area contributed by atoms with Crippen LogP contribution < -0.4 is 5.73 Å². The van der Waals surface area contributed by atoms with Crippen molar-refractivity contribution in [2.24, 2.45) is 10.7 Å². The van der Waals surface area contributed by atoms with E-state index in [2.05, 4.69) is 11.6 Å². The van der Waals surface area contributed by atoms with Gasteiger partial charge in [-0.05, 0) is 20.8 Å². The molecule has 2 N–H and O–H groups in total. The largest absolute Gasteiger partial charge is 0.381 e. The van der Waals surface area contributed by atoms with E-state index in [0.717, 1.165) is 0 Å². The Bertz CT molecular complexity index is 296. The van der Waals surface area contributed by atoms with Crippen molar-refractivity contribution in [2.45, 2.75) is 26.3 Å². The van der Waals surface area contributed by atoms with Crippen LogP contribution in [0.3, 0.4) is 0 Å². The molecule has 0 amide bonds. The SMILES string of the molecule is C=C1N=C(N)C(F)=CN1C(C)(C)C. The van der Waals surface area contributed by atoms with E-state index >= 15 is 0 Å². The van der Waals surface area contributed by atoms with E-state index in [1.54, 1.807) is 4.90 Å². The number of nitrogens with two attached hydrogens (primary N) is 1. The fourth-order valence-corrected chi connectivity index (χ4v) is 1.08. The van der Waals surface area contributed by atoms with Crippen molar-refractivity contribution >= 4 is 5.84 Å². The average molecular weight is 183 g/mol. The summed E-state index contributed by atoms with van der Waals surface area (Å²) in [4.78, 5) is 5.45. The Kier molecular flexibility index (Phi) is 2.15. The first-order chi connectivity index (χ1) is 5.82. The highest BCUT2D eigenvalue weighted by Gasteiger charge is 2.25. The lowest BCUT2D eigenvalue weighted by molar-refractivity contribution is 0.250. The molecule has 0 aromatic heterocycles. The minimum Gasteiger partial charge on any atom is -0.381 e. The van der Waals surface area contributed by atoms with Crippen LogP contribution in [0.2, 0.25) is 0 Å². The molecule has 0 saturated carbocycles. The summed E-state index contributed by atoms with van der Waals surface area (Å²) < 4.78 is 13.1. The van der Waals surface area contributed by atoms with Gasteiger partial charge in [-0.2, -0.15) is 0 Å². The third-order valence-electron chi connectivity index (χ3n) is 1.74. The van der Waals surface area contributed by atoms with E-state index < -0.39 is 5.83 Å². The number of nitrogens with zero attached hydrogens (tertiary/aromatic N) is 2. The van der Waals surface area contributed by atoms with E-state index in [4.69, 9.17) is 5.73 Å². The Morgan fingerprint density at radius 2 is 2.08 bits per heavy atom. The third-order valence-corrected chi connectivity index (χ3v) is 1.74. The van der Waals surface area contributed by atoms with Crippen molar-refractivity contribution in [3.8, 4) is 0 Å². The van der Waals surface area contributed by atoms with E-state index in [0.29, 0.717) is 5.82 Å². The number of hydrogen-bond donors (Lipinski definition) is 1. The molecule has 1 aliphatic heterocycles. The summed E-state index contributed by atoms with van der Waals surface area (Å²) in [5.74, 6) is -0.153. The van der Waals surface area contributed by atoms with Crippen molar-refractivity contribution in [2.75, 3.05) is 0 Å². The van der Waals surface area contributed by atoms with Gasteiger partial charge in [0.1, 0.15) is 5.82 Å². The molecular weight excluding hydrogens is 169 g/mol. The number of hydrogen-bond acceptors (Lipinski definition) is 3. The van der Waals surface area contributed by atoms with Gasteiger partial charge in [-0.1, -0.05) is 6.58 Å². The number of aliphatic imine (C=N–C) groups is 1. The molecule has 0 aromatic carbocycles. The Morgan fingerprint density at radius 3 is 2.54 bits per heavy atom. The molecule has 0 fully saturated rings. The standard InChI is InChI=1S/C9H14FN3/c1-6-12-8(11)7(10)5-13(6)9(2,3)4/h5H,1H2,2-4H3,(H2,11,12). The van der Waals surface area contributed by atoms with Gasteiger partial charge in [0, 0.05) is 11.7 Å². The molecule has 72 valence electrons. The van der Waals surface area contributed by atoms with Crippen LogP contribution in [0.25, 0.3) is 0 Å². The molecule has 3 nitrogen and oxygen atoms in total. The molecule has 1 rings (SSSR count). The van der Waals surface area contributed by atoms with Gasteiger partial charge in [-0.3, -0.25) is 0 Å². The molecule has 0 bridgehead atoms. The van der Waals surface area contributed by atoms with Crippen LogP contribution in [0.1, 0.15) is 20.8 Å². The number of amidine groups is 1. The maximum atomic E-state index is 13.1. The highest BCUT2D eigenvalue weighted by Crippen LogP contribution is 2.24. The second kappa shape index (κ2) is 2.87. The maximum absolute atomic E-state index is 13.1. The molecular formula is C9H14FN3. The second-order valence-electron chi connectivity index (χ2n) is 3.93. The molecule has 0 spiro atoms. The fraction of sp³-hybridized carbons (Fsp3) is 0.444. The Morgan fingerprint density at radius 1 is 1.54 bits per heavy atom. The molecule has 1 heterocycles. The van der Waals surface area contributed by atoms with Crippen molar-refractivity contribution < 1.29 is 4.39 Å². The molecule has 0 aliphatic carbocycles. The molecule has 13 heavy (non-hydrogen) atoms. The quantitative estimate of drug-likeness (QED) is 0.621. The predicted octanol–water partition coefficient (Wildman–Crippen LogP) is 1.74. The molecule has 4 heteroatoms. The van der Waals surface area contributed by atoms with Crippen LogP contribution in [0.4, 0.5) is 4.39 Å². The molecule has 0 unspecified atom stereocenters. The summed E-state index contributed by atoms with van der Waals surface area (Å²) in [6.07, 6.45) is 1.32. The predicted molar refractivity (Wildman–Crippen MR) is 51.5 cm³/mol. The maximum Gasteiger partial charge on any atom is 0.181 e. The lowest BCUT2D eigenvalue weighted by Crippen LogP contribution is -2.39. The molecule has 0 atom stereocenters. The van der Waals surface area contributed by atoms with Crippen LogP contribution in [0.15, 0.2) is 29.4 Å². The smallest absolute Gasteiger partial charge is 0.181 e. The molecule has 1 aliphatic rings. The first kappa shape index (κ1) is 9.77. The topological polar surface area (TPSA) is 41.6 Å². The highest BCUT2D eigenvalue weighted by atomic mass is 19.1. The number of halogens is 1. The van der Waals surface area contributed by atoms with Gasteiger partial charge in [0.25, 0.3) is 0 Å². The monoisotopic (exact) mass is 183 g/mol. The summed E-state index contributed by atoms with van der Waals surface area (Å²) in [5, 5.41) is 0. The third kappa shape index (κ3) is 1.88. The van der Waals surface area contributed by atoms with Crippen LogP contribution in [-0.2, 0) is 0 Å². The summed E-state index contributed by atoms with van der Waals surface area (Å²) >= 11 is 0. The van der Waals surface area contributed by atoms with Gasteiger partial charge >= 0.3 is 0 Å². The second-order valence-corrected chi connectivity index (χ2v) is 3.93. The zero-order valence-corrected chi connectivity index (χ0v) is 8.13. The Labute approximate surface area is 77.4 Å². The Hall–Kier alpha value is -1.32. The van der Waals surface area contributed by atoms with Gasteiger partial charge in [-0.25, -0.2) is 9.38 Å². The van der Waals surface area contributed by atoms with Crippen LogP contribution in [-0.4, -0.2) is 16.3 Å². The fourth-order valence-electron chi connectivity index (χ4n) is 1.08. The van der Waals surface area contributed by atoms with Crippen molar-refractivity contribution in [3.05, 3.63) is 24.4 Å².